The fourth-order valence-corrected chi connectivity index (χ4v) is 3.49. The minimum absolute atomic E-state index is 0.0194. The molecule has 3 heterocycles. The molecule has 14 heteroatoms. The Kier molecular flexibility index (Phi) is 6.07. The summed E-state index contributed by atoms with van der Waals surface area (Å²) in [6.45, 7) is -0.698. The molecule has 0 spiro atoms. The van der Waals surface area contributed by atoms with Gasteiger partial charge in [-0.1, -0.05) is 6.07 Å². The van der Waals surface area contributed by atoms with E-state index in [1.54, 1.807) is 17.5 Å². The largest absolute Gasteiger partial charge is 0.469 e. The fraction of sp³-hybridized carbons (Fsp3) is 0.357. The molecule has 12 nitrogen and oxygen atoms in total. The number of anilines is 1. The molecular weight excluding hydrogens is 417 g/mol. The molecule has 1 saturated heterocycles. The van der Waals surface area contributed by atoms with E-state index in [1.807, 2.05) is 0 Å². The number of phosphoric acid groups is 1. The molecule has 0 aliphatic carbocycles. The lowest BCUT2D eigenvalue weighted by Crippen LogP contribution is -2.36. The lowest BCUT2D eigenvalue weighted by atomic mass is 10.1. The van der Waals surface area contributed by atoms with E-state index in [2.05, 4.69) is 14.8 Å². The van der Waals surface area contributed by atoms with Crippen molar-refractivity contribution < 1.29 is 38.6 Å². The number of thiophene rings is 1. The topological polar surface area (TPSA) is 180 Å². The zero-order valence-electron chi connectivity index (χ0n) is 14.0. The monoisotopic (exact) mass is 433 g/mol. The van der Waals surface area contributed by atoms with Gasteiger partial charge in [-0.3, -0.25) is 13.9 Å². The number of carbonyl (C=O) groups is 1. The van der Waals surface area contributed by atoms with Crippen molar-refractivity contribution in [1.29, 1.82) is 0 Å². The van der Waals surface area contributed by atoms with Crippen molar-refractivity contribution >= 4 is 30.9 Å². The normalized spacial score (nSPS) is 25.0. The van der Waals surface area contributed by atoms with Crippen LogP contribution in [0.3, 0.4) is 0 Å². The Morgan fingerprint density at radius 3 is 2.71 bits per heavy atom. The zero-order valence-corrected chi connectivity index (χ0v) is 15.7. The van der Waals surface area contributed by atoms with Crippen LogP contribution < -0.4 is 11.0 Å². The van der Waals surface area contributed by atoms with E-state index >= 15 is 0 Å². The van der Waals surface area contributed by atoms with E-state index in [0.717, 1.165) is 4.57 Å². The van der Waals surface area contributed by atoms with Crippen molar-refractivity contribution in [2.45, 2.75) is 24.5 Å². The number of rotatable bonds is 6. The van der Waals surface area contributed by atoms with E-state index in [1.165, 1.54) is 23.6 Å². The summed E-state index contributed by atoms with van der Waals surface area (Å²) in [4.78, 5) is 45.8. The quantitative estimate of drug-likeness (QED) is 0.365. The van der Waals surface area contributed by atoms with Gasteiger partial charge < -0.3 is 30.1 Å². The summed E-state index contributed by atoms with van der Waals surface area (Å²) < 4.78 is 21.2. The fourth-order valence-electron chi connectivity index (χ4n) is 2.53. The molecular formula is C14H16N3O9PS. The summed E-state index contributed by atoms with van der Waals surface area (Å²) in [6, 6.07) is 4.60. The van der Waals surface area contributed by atoms with Crippen molar-refractivity contribution in [3.8, 4) is 0 Å². The lowest BCUT2D eigenvalue weighted by molar-refractivity contribution is -0.0542. The van der Waals surface area contributed by atoms with Crippen LogP contribution in [0.4, 0.5) is 5.82 Å². The molecule has 0 saturated carbocycles. The number of amides is 1. The van der Waals surface area contributed by atoms with E-state index in [0.29, 0.717) is 4.88 Å². The molecule has 4 unspecified atom stereocenters. The number of hydrogen-bond donors (Lipinski definition) is 5. The molecule has 2 aromatic heterocycles. The third kappa shape index (κ3) is 4.71. The summed E-state index contributed by atoms with van der Waals surface area (Å²) in [5.74, 6) is -0.462. The Morgan fingerprint density at radius 2 is 2.11 bits per heavy atom. The maximum atomic E-state index is 12.2. The average Bonchev–Trinajstić information content (AvgIpc) is 3.24. The first-order chi connectivity index (χ1) is 13.2. The number of carbonyl (C=O) groups excluding carboxylic acids is 1. The number of nitrogens with one attached hydrogen (secondary N) is 1. The van der Waals surface area contributed by atoms with E-state index in [9.17, 15) is 24.4 Å². The Labute approximate surface area is 161 Å². The van der Waals surface area contributed by atoms with Crippen LogP contribution in [0.25, 0.3) is 0 Å². The predicted octanol–water partition coefficient (Wildman–Crippen LogP) is -0.714. The highest BCUT2D eigenvalue weighted by atomic mass is 32.1. The smallest absolute Gasteiger partial charge is 0.387 e. The van der Waals surface area contributed by atoms with Gasteiger partial charge in [0.15, 0.2) is 6.23 Å². The number of aromatic nitrogens is 2. The molecule has 1 fully saturated rings. The van der Waals surface area contributed by atoms with Crippen LogP contribution in [0.15, 0.2) is 34.6 Å². The first kappa shape index (κ1) is 20.8. The maximum absolute atomic E-state index is 12.2. The SMILES string of the molecule is O=C(Nc1ccn(C2OC(COP(=O)(O)O)C(O)C2O)c(=O)n1)c1cccs1. The van der Waals surface area contributed by atoms with Gasteiger partial charge in [0.1, 0.15) is 24.1 Å². The summed E-state index contributed by atoms with van der Waals surface area (Å²) in [5.41, 5.74) is -0.878. The Balaban J connectivity index is 1.72. The van der Waals surface area contributed by atoms with Crippen molar-refractivity contribution in [2.75, 3.05) is 11.9 Å². The first-order valence-corrected chi connectivity index (χ1v) is 10.2. The zero-order chi connectivity index (χ0) is 20.5. The van der Waals surface area contributed by atoms with Gasteiger partial charge >= 0.3 is 13.5 Å². The molecule has 0 radical (unpaired) electrons. The Bertz CT molecular complexity index is 944. The molecule has 152 valence electrons. The van der Waals surface area contributed by atoms with Gasteiger partial charge in [0.25, 0.3) is 5.91 Å². The predicted molar refractivity (Wildman–Crippen MR) is 94.7 cm³/mol. The molecule has 1 aliphatic heterocycles. The van der Waals surface area contributed by atoms with Gasteiger partial charge in [-0.05, 0) is 17.5 Å². The molecule has 28 heavy (non-hydrogen) atoms. The second-order valence-electron chi connectivity index (χ2n) is 5.77. The van der Waals surface area contributed by atoms with Crippen molar-refractivity contribution in [2.24, 2.45) is 0 Å². The molecule has 0 bridgehead atoms. The number of hydrogen-bond acceptors (Lipinski definition) is 9. The second kappa shape index (κ2) is 8.19. The standard InChI is InChI=1S/C14H16N3O9PS/c18-10-7(6-25-27(22,23)24)26-13(11(10)19)17-4-3-9(16-14(17)21)15-12(20)8-2-1-5-28-8/h1-5,7,10-11,13,18-19H,6H2,(H2,22,23,24)(H,15,16,20,21). The summed E-state index contributed by atoms with van der Waals surface area (Å²) in [7, 11) is -4.80. The molecule has 2 aromatic rings. The highest BCUT2D eigenvalue weighted by Crippen LogP contribution is 2.38. The number of aliphatic hydroxyl groups is 2. The molecule has 1 aliphatic rings. The maximum Gasteiger partial charge on any atom is 0.469 e. The van der Waals surface area contributed by atoms with Crippen molar-refractivity contribution in [1.82, 2.24) is 9.55 Å². The Morgan fingerprint density at radius 1 is 1.36 bits per heavy atom. The van der Waals surface area contributed by atoms with Crippen molar-refractivity contribution in [3.05, 3.63) is 45.1 Å². The van der Waals surface area contributed by atoms with Crippen LogP contribution in [0.2, 0.25) is 0 Å². The van der Waals surface area contributed by atoms with Crippen LogP contribution >= 0.6 is 19.2 Å². The third-order valence-corrected chi connectivity index (χ3v) is 5.19. The number of ether oxygens (including phenoxy) is 1. The highest BCUT2D eigenvalue weighted by molar-refractivity contribution is 7.46. The minimum atomic E-state index is -4.80. The number of aliphatic hydroxyl groups excluding tert-OH is 2. The van der Waals surface area contributed by atoms with Crippen LogP contribution in [0, 0.1) is 0 Å². The first-order valence-electron chi connectivity index (χ1n) is 7.81. The van der Waals surface area contributed by atoms with Crippen LogP contribution in [-0.4, -0.2) is 60.4 Å². The lowest BCUT2D eigenvalue weighted by Gasteiger charge is -2.17. The molecule has 4 atom stereocenters. The summed E-state index contributed by atoms with van der Waals surface area (Å²) in [6.07, 6.45) is -4.56. The van der Waals surface area contributed by atoms with Crippen LogP contribution in [0.5, 0.6) is 0 Å². The van der Waals surface area contributed by atoms with E-state index in [4.69, 9.17) is 14.5 Å². The van der Waals surface area contributed by atoms with Gasteiger partial charge in [0.05, 0.1) is 11.5 Å². The van der Waals surface area contributed by atoms with Crippen LogP contribution in [0.1, 0.15) is 15.9 Å². The highest BCUT2D eigenvalue weighted by Gasteiger charge is 2.45. The summed E-state index contributed by atoms with van der Waals surface area (Å²) in [5, 5.41) is 24.2. The van der Waals surface area contributed by atoms with Crippen LogP contribution in [-0.2, 0) is 13.8 Å². The third-order valence-electron chi connectivity index (χ3n) is 3.83. The van der Waals surface area contributed by atoms with E-state index < -0.39 is 50.6 Å². The minimum Gasteiger partial charge on any atom is -0.387 e. The van der Waals surface area contributed by atoms with Gasteiger partial charge in [0, 0.05) is 6.20 Å². The van der Waals surface area contributed by atoms with Gasteiger partial charge in [0.2, 0.25) is 0 Å². The molecule has 0 aromatic carbocycles. The molecule has 5 N–H and O–H groups in total. The Hall–Kier alpha value is -1.96. The van der Waals surface area contributed by atoms with Gasteiger partial charge in [-0.15, -0.1) is 11.3 Å². The second-order valence-corrected chi connectivity index (χ2v) is 7.95. The molecule has 1 amide bonds. The van der Waals surface area contributed by atoms with E-state index in [-0.39, 0.29) is 5.82 Å². The summed E-state index contributed by atoms with van der Waals surface area (Å²) >= 11 is 1.21. The van der Waals surface area contributed by atoms with Gasteiger partial charge in [-0.25, -0.2) is 9.36 Å². The van der Waals surface area contributed by atoms with Gasteiger partial charge in [-0.2, -0.15) is 4.98 Å². The molecule has 3 rings (SSSR count). The average molecular weight is 433 g/mol. The van der Waals surface area contributed by atoms with Crippen molar-refractivity contribution in [3.63, 3.8) is 0 Å². The number of nitrogens with zero attached hydrogens (tertiary/aromatic N) is 2. The number of phosphoric ester groups is 1.